The van der Waals surface area contributed by atoms with Gasteiger partial charge in [-0.3, -0.25) is 9.88 Å². The maximum Gasteiger partial charge on any atom is 0.325 e. The first kappa shape index (κ1) is 23.0. The number of carbonyl (C=O) groups is 2. The minimum absolute atomic E-state index is 0.214. The monoisotopic (exact) mass is 438 g/mol. The van der Waals surface area contributed by atoms with Crippen molar-refractivity contribution in [1.82, 2.24) is 30.1 Å². The number of nitrogens with one attached hydrogen (secondary N) is 4. The Morgan fingerprint density at radius 2 is 1.88 bits per heavy atom. The molecule has 3 amide bonds. The van der Waals surface area contributed by atoms with Gasteiger partial charge in [0.05, 0.1) is 5.52 Å². The highest BCUT2D eigenvalue weighted by Crippen LogP contribution is 2.27. The lowest BCUT2D eigenvalue weighted by Gasteiger charge is -2.17. The number of hydrogen-bond acceptors (Lipinski definition) is 6. The van der Waals surface area contributed by atoms with Crippen molar-refractivity contribution < 1.29 is 9.59 Å². The fourth-order valence-corrected chi connectivity index (χ4v) is 3.41. The molecule has 0 bridgehead atoms. The molecule has 1 aromatic carbocycles. The molecule has 0 spiro atoms. The molecular formula is C22H30N8O2. The third-order valence-corrected chi connectivity index (χ3v) is 5.17. The van der Waals surface area contributed by atoms with Crippen molar-refractivity contribution in [3.05, 3.63) is 42.9 Å². The Hall–Kier alpha value is -3.66. The van der Waals surface area contributed by atoms with E-state index in [2.05, 4.69) is 50.0 Å². The molecule has 2 heterocycles. The fourth-order valence-electron chi connectivity index (χ4n) is 3.41. The first-order valence-corrected chi connectivity index (χ1v) is 10.7. The van der Waals surface area contributed by atoms with E-state index in [4.69, 9.17) is 0 Å². The Labute approximate surface area is 187 Å². The number of carbonyl (C=O) groups excluding carboxylic acids is 2. The van der Waals surface area contributed by atoms with Gasteiger partial charge in [-0.05, 0) is 44.3 Å². The first-order chi connectivity index (χ1) is 15.5. The number of urea groups is 1. The summed E-state index contributed by atoms with van der Waals surface area (Å²) in [6, 6.07) is 8.62. The summed E-state index contributed by atoms with van der Waals surface area (Å²) in [7, 11) is 1.59. The van der Waals surface area contributed by atoms with E-state index in [0.29, 0.717) is 18.2 Å². The summed E-state index contributed by atoms with van der Waals surface area (Å²) >= 11 is 0. The molecule has 4 N–H and O–H groups in total. The molecule has 0 atom stereocenters. The molecule has 3 aromatic rings. The quantitative estimate of drug-likeness (QED) is 0.381. The highest BCUT2D eigenvalue weighted by atomic mass is 16.2. The lowest BCUT2D eigenvalue weighted by atomic mass is 10.2. The maximum atomic E-state index is 12.2. The van der Waals surface area contributed by atoms with Crippen LogP contribution in [-0.2, 0) is 0 Å². The minimum atomic E-state index is -0.307. The SMILES string of the molecule is CCN(CC)CCCNC(=O)Nc1cc(Nc2cccc3c2ccn3C(=O)NC)ncn1. The minimum Gasteiger partial charge on any atom is -0.340 e. The first-order valence-electron chi connectivity index (χ1n) is 10.7. The van der Waals surface area contributed by atoms with Crippen LogP contribution in [0.5, 0.6) is 0 Å². The van der Waals surface area contributed by atoms with Crippen molar-refractivity contribution in [2.24, 2.45) is 0 Å². The summed E-state index contributed by atoms with van der Waals surface area (Å²) in [5, 5.41) is 12.3. The standard InChI is InChI=1S/C22H30N8O2/c1-4-29(5-2)12-7-11-24-21(31)28-20-14-19(25-15-26-20)27-17-8-6-9-18-16(17)10-13-30(18)22(32)23-3/h6,8-10,13-15H,4-5,7,11-12H2,1-3H3,(H,23,32)(H3,24,25,26,27,28,31). The molecular weight excluding hydrogens is 408 g/mol. The van der Waals surface area contributed by atoms with E-state index in [0.717, 1.165) is 42.6 Å². The molecule has 2 aromatic heterocycles. The zero-order valence-corrected chi connectivity index (χ0v) is 18.7. The summed E-state index contributed by atoms with van der Waals surface area (Å²) in [6.45, 7) is 7.79. The van der Waals surface area contributed by atoms with E-state index < -0.39 is 0 Å². The van der Waals surface area contributed by atoms with Crippen LogP contribution in [0.15, 0.2) is 42.9 Å². The molecule has 0 fully saturated rings. The van der Waals surface area contributed by atoms with Gasteiger partial charge in [0.1, 0.15) is 18.0 Å². The molecule has 0 saturated heterocycles. The summed E-state index contributed by atoms with van der Waals surface area (Å²) in [4.78, 5) is 34.9. The number of benzene rings is 1. The largest absolute Gasteiger partial charge is 0.340 e. The molecule has 0 saturated carbocycles. The number of anilines is 3. The molecule has 170 valence electrons. The predicted octanol–water partition coefficient (Wildman–Crippen LogP) is 3.22. The Morgan fingerprint density at radius 3 is 2.62 bits per heavy atom. The third kappa shape index (κ3) is 5.73. The second-order valence-corrected chi connectivity index (χ2v) is 7.15. The van der Waals surface area contributed by atoms with Crippen LogP contribution in [0.2, 0.25) is 0 Å². The van der Waals surface area contributed by atoms with Gasteiger partial charge in [-0.15, -0.1) is 0 Å². The van der Waals surface area contributed by atoms with E-state index in [1.807, 2.05) is 24.3 Å². The van der Waals surface area contributed by atoms with Gasteiger partial charge in [-0.25, -0.2) is 19.6 Å². The van der Waals surface area contributed by atoms with Gasteiger partial charge in [0.25, 0.3) is 0 Å². The highest BCUT2D eigenvalue weighted by molar-refractivity contribution is 5.99. The number of amides is 3. The smallest absolute Gasteiger partial charge is 0.325 e. The van der Waals surface area contributed by atoms with E-state index >= 15 is 0 Å². The van der Waals surface area contributed by atoms with Gasteiger partial charge in [0.15, 0.2) is 0 Å². The van der Waals surface area contributed by atoms with E-state index in [9.17, 15) is 9.59 Å². The Kier molecular flexibility index (Phi) is 7.98. The number of hydrogen-bond donors (Lipinski definition) is 4. The van der Waals surface area contributed by atoms with Crippen LogP contribution < -0.4 is 21.3 Å². The molecule has 0 radical (unpaired) electrons. The predicted molar refractivity (Wildman–Crippen MR) is 127 cm³/mol. The maximum absolute atomic E-state index is 12.2. The van der Waals surface area contributed by atoms with Gasteiger partial charge >= 0.3 is 12.1 Å². The van der Waals surface area contributed by atoms with Crippen molar-refractivity contribution in [3.8, 4) is 0 Å². The Bertz CT molecular complexity index is 1060. The van der Waals surface area contributed by atoms with E-state index in [-0.39, 0.29) is 12.1 Å². The second-order valence-electron chi connectivity index (χ2n) is 7.15. The summed E-state index contributed by atoms with van der Waals surface area (Å²) < 4.78 is 1.54. The second kappa shape index (κ2) is 11.1. The molecule has 0 aliphatic carbocycles. The molecule has 0 aliphatic rings. The number of rotatable bonds is 9. The lowest BCUT2D eigenvalue weighted by molar-refractivity contribution is 0.245. The van der Waals surface area contributed by atoms with Gasteiger partial charge in [-0.1, -0.05) is 19.9 Å². The highest BCUT2D eigenvalue weighted by Gasteiger charge is 2.11. The van der Waals surface area contributed by atoms with Crippen LogP contribution in [0.25, 0.3) is 10.9 Å². The summed E-state index contributed by atoms with van der Waals surface area (Å²) in [5.74, 6) is 0.913. The number of aromatic nitrogens is 3. The Morgan fingerprint density at radius 1 is 1.09 bits per heavy atom. The molecule has 0 aliphatic heterocycles. The van der Waals surface area contributed by atoms with Gasteiger partial charge in [0, 0.05) is 36.9 Å². The Balaban J connectivity index is 1.61. The third-order valence-electron chi connectivity index (χ3n) is 5.17. The average Bonchev–Trinajstić information content (AvgIpc) is 3.24. The average molecular weight is 439 g/mol. The molecule has 3 rings (SSSR count). The zero-order chi connectivity index (χ0) is 22.9. The molecule has 10 heteroatoms. The fraction of sp³-hybridized carbons (Fsp3) is 0.364. The zero-order valence-electron chi connectivity index (χ0n) is 18.7. The van der Waals surface area contributed by atoms with Crippen LogP contribution >= 0.6 is 0 Å². The van der Waals surface area contributed by atoms with Crippen molar-refractivity contribution in [1.29, 1.82) is 0 Å². The number of fused-ring (bicyclic) bond motifs is 1. The van der Waals surface area contributed by atoms with Gasteiger partial charge < -0.3 is 20.9 Å². The van der Waals surface area contributed by atoms with E-state index in [1.54, 1.807) is 19.3 Å². The van der Waals surface area contributed by atoms with Crippen molar-refractivity contribution >= 4 is 40.3 Å². The van der Waals surface area contributed by atoms with Crippen LogP contribution in [0.3, 0.4) is 0 Å². The lowest BCUT2D eigenvalue weighted by Crippen LogP contribution is -2.32. The molecule has 0 unspecified atom stereocenters. The molecule has 10 nitrogen and oxygen atoms in total. The van der Waals surface area contributed by atoms with Crippen LogP contribution in [-0.4, -0.2) is 64.7 Å². The summed E-state index contributed by atoms with van der Waals surface area (Å²) in [5.41, 5.74) is 1.56. The van der Waals surface area contributed by atoms with Crippen molar-refractivity contribution in [3.63, 3.8) is 0 Å². The normalized spacial score (nSPS) is 10.9. The van der Waals surface area contributed by atoms with E-state index in [1.165, 1.54) is 10.9 Å². The molecule has 32 heavy (non-hydrogen) atoms. The van der Waals surface area contributed by atoms with Gasteiger partial charge in [-0.2, -0.15) is 0 Å². The van der Waals surface area contributed by atoms with Crippen molar-refractivity contribution in [2.45, 2.75) is 20.3 Å². The van der Waals surface area contributed by atoms with Gasteiger partial charge in [0.2, 0.25) is 0 Å². The van der Waals surface area contributed by atoms with Crippen LogP contribution in [0, 0.1) is 0 Å². The van der Waals surface area contributed by atoms with Crippen LogP contribution in [0.4, 0.5) is 26.9 Å². The number of nitrogens with zero attached hydrogens (tertiary/aromatic N) is 4. The summed E-state index contributed by atoms with van der Waals surface area (Å²) in [6.07, 6.45) is 3.98. The van der Waals surface area contributed by atoms with Crippen LogP contribution in [0.1, 0.15) is 20.3 Å². The van der Waals surface area contributed by atoms with Crippen molar-refractivity contribution in [2.75, 3.05) is 43.9 Å². The topological polar surface area (TPSA) is 116 Å².